The number of carboxylic acids is 2. The van der Waals surface area contributed by atoms with Crippen LogP contribution in [0.1, 0.15) is 33.0 Å². The minimum absolute atomic E-state index is 0.00575. The molecule has 11 heteroatoms. The van der Waals surface area contributed by atoms with E-state index >= 15 is 0 Å². The second-order valence-electron chi connectivity index (χ2n) is 8.46. The molecule has 0 bridgehead atoms. The number of aromatic nitrogens is 1. The molecule has 1 heterocycles. The Morgan fingerprint density at radius 2 is 1.57 bits per heavy atom. The number of phenols is 1. The molecule has 0 aliphatic heterocycles. The van der Waals surface area contributed by atoms with Gasteiger partial charge in [-0.1, -0.05) is 29.8 Å². The summed E-state index contributed by atoms with van der Waals surface area (Å²) in [6.45, 7) is 3.41. The topological polar surface area (TPSA) is 163 Å². The van der Waals surface area contributed by atoms with Crippen LogP contribution >= 0.6 is 0 Å². The van der Waals surface area contributed by atoms with Crippen LogP contribution < -0.4 is 5.32 Å². The van der Waals surface area contributed by atoms with Gasteiger partial charge in [0.05, 0.1) is 16.0 Å². The number of aryl methyl sites for hydroxylation is 2. The number of benzene rings is 3. The number of carbonyl (C=O) groups is 3. The van der Waals surface area contributed by atoms with Gasteiger partial charge in [0, 0.05) is 22.8 Å². The van der Waals surface area contributed by atoms with Crippen LogP contribution in [0.5, 0.6) is 5.75 Å². The average Bonchev–Trinajstić information content (AvgIpc) is 3.20. The molecule has 4 N–H and O–H groups in total. The van der Waals surface area contributed by atoms with Crippen molar-refractivity contribution < 1.29 is 38.1 Å². The van der Waals surface area contributed by atoms with Gasteiger partial charge in [0.1, 0.15) is 5.75 Å². The second-order valence-corrected chi connectivity index (χ2v) is 10.3. The smallest absolute Gasteiger partial charge is 0.322 e. The number of carbonyl (C=O) groups excluding carboxylic acids is 1. The molecular formula is C26H22N2O8S. The molecule has 0 unspecified atom stereocenters. The third-order valence-electron chi connectivity index (χ3n) is 5.92. The van der Waals surface area contributed by atoms with Gasteiger partial charge in [-0.05, 0) is 55.8 Å². The number of nitrogens with zero attached hydrogens (tertiary/aromatic N) is 1. The Balaban J connectivity index is 1.88. The minimum Gasteiger partial charge on any atom is -0.507 e. The first-order valence-corrected chi connectivity index (χ1v) is 12.4. The highest BCUT2D eigenvalue weighted by Crippen LogP contribution is 2.34. The highest BCUT2D eigenvalue weighted by atomic mass is 32.2. The Morgan fingerprint density at radius 1 is 0.919 bits per heavy atom. The lowest BCUT2D eigenvalue weighted by atomic mass is 9.98. The van der Waals surface area contributed by atoms with Gasteiger partial charge in [-0.3, -0.25) is 14.4 Å². The van der Waals surface area contributed by atoms with E-state index in [1.807, 2.05) is 0 Å². The second kappa shape index (κ2) is 9.43. The van der Waals surface area contributed by atoms with Gasteiger partial charge in [0.2, 0.25) is 0 Å². The molecule has 4 rings (SSSR count). The van der Waals surface area contributed by atoms with E-state index in [9.17, 15) is 38.1 Å². The zero-order valence-corrected chi connectivity index (χ0v) is 20.5. The summed E-state index contributed by atoms with van der Waals surface area (Å²) < 4.78 is 27.7. The third kappa shape index (κ3) is 4.64. The van der Waals surface area contributed by atoms with Crippen LogP contribution in [0, 0.1) is 13.8 Å². The molecule has 37 heavy (non-hydrogen) atoms. The summed E-state index contributed by atoms with van der Waals surface area (Å²) in [4.78, 5) is 36.4. The molecule has 0 radical (unpaired) electrons. The van der Waals surface area contributed by atoms with Crippen LogP contribution in [0.15, 0.2) is 71.8 Å². The Hall–Kier alpha value is -4.64. The van der Waals surface area contributed by atoms with Crippen molar-refractivity contribution in [1.29, 1.82) is 0 Å². The first-order valence-electron chi connectivity index (χ1n) is 10.9. The summed E-state index contributed by atoms with van der Waals surface area (Å²) in [7, 11) is -4.23. The molecule has 0 spiro atoms. The van der Waals surface area contributed by atoms with Gasteiger partial charge >= 0.3 is 11.9 Å². The number of nitrogens with one attached hydrogen (secondary N) is 1. The molecule has 1 aromatic heterocycles. The molecule has 10 nitrogen and oxygen atoms in total. The zero-order valence-electron chi connectivity index (χ0n) is 19.7. The van der Waals surface area contributed by atoms with Gasteiger partial charge in [-0.15, -0.1) is 0 Å². The van der Waals surface area contributed by atoms with E-state index in [1.165, 1.54) is 36.4 Å². The molecule has 190 valence electrons. The van der Waals surface area contributed by atoms with Gasteiger partial charge in [0.25, 0.3) is 15.9 Å². The van der Waals surface area contributed by atoms with Crippen LogP contribution in [0.25, 0.3) is 10.9 Å². The number of aliphatic carboxylic acids is 2. The van der Waals surface area contributed by atoms with E-state index in [-0.39, 0.29) is 38.4 Å². The summed E-state index contributed by atoms with van der Waals surface area (Å²) in [5, 5.41) is 32.0. The summed E-state index contributed by atoms with van der Waals surface area (Å²) >= 11 is 0. The fourth-order valence-electron chi connectivity index (χ4n) is 3.97. The largest absolute Gasteiger partial charge is 0.507 e. The number of hydrogen-bond acceptors (Lipinski definition) is 6. The van der Waals surface area contributed by atoms with Crippen molar-refractivity contribution in [2.75, 3.05) is 5.32 Å². The van der Waals surface area contributed by atoms with Gasteiger partial charge in [-0.25, -0.2) is 12.4 Å². The van der Waals surface area contributed by atoms with Crippen LogP contribution in [0.2, 0.25) is 0 Å². The fourth-order valence-corrected chi connectivity index (χ4v) is 5.35. The number of anilines is 1. The van der Waals surface area contributed by atoms with Gasteiger partial charge < -0.3 is 20.6 Å². The van der Waals surface area contributed by atoms with E-state index in [0.717, 1.165) is 15.7 Å². The normalized spacial score (nSPS) is 11.5. The predicted molar refractivity (Wildman–Crippen MR) is 135 cm³/mol. The van der Waals surface area contributed by atoms with Crippen LogP contribution in [0.3, 0.4) is 0 Å². The fraction of sp³-hybridized carbons (Fsp3) is 0.115. The maximum absolute atomic E-state index is 13.4. The molecule has 0 saturated heterocycles. The Labute approximate surface area is 211 Å². The lowest BCUT2D eigenvalue weighted by Crippen LogP contribution is -2.21. The molecule has 0 atom stereocenters. The van der Waals surface area contributed by atoms with E-state index in [2.05, 4.69) is 5.32 Å². The number of phenolic OH excluding ortho intramolecular Hbond substituents is 1. The number of para-hydroxylation sites is 1. The number of hydrogen-bond donors (Lipinski definition) is 4. The van der Waals surface area contributed by atoms with Crippen molar-refractivity contribution in [1.82, 2.24) is 3.97 Å². The number of fused-ring (bicyclic) bond motifs is 1. The van der Waals surface area contributed by atoms with Crippen LogP contribution in [-0.2, 0) is 19.6 Å². The SMILES string of the molecule is Cc1ccc(S(=O)(=O)n2cc(C(C(=O)O)C(=O)O)c3cc(NC(=O)c4cccc(C)c4O)ccc32)cc1. The van der Waals surface area contributed by atoms with E-state index < -0.39 is 33.8 Å². The van der Waals surface area contributed by atoms with Crippen molar-refractivity contribution in [2.45, 2.75) is 24.7 Å². The molecular weight excluding hydrogens is 500 g/mol. The van der Waals surface area contributed by atoms with Gasteiger partial charge in [-0.2, -0.15) is 0 Å². The lowest BCUT2D eigenvalue weighted by Gasteiger charge is -2.10. The molecule has 1 amide bonds. The summed E-state index contributed by atoms with van der Waals surface area (Å²) in [6.07, 6.45) is 0.977. The number of rotatable bonds is 7. The molecule has 0 saturated carbocycles. The maximum atomic E-state index is 13.4. The van der Waals surface area contributed by atoms with Crippen LogP contribution in [-0.4, -0.2) is 45.6 Å². The van der Waals surface area contributed by atoms with E-state index in [4.69, 9.17) is 0 Å². The summed E-state index contributed by atoms with van der Waals surface area (Å²) in [5.41, 5.74) is 1.19. The molecule has 0 aliphatic rings. The Bertz CT molecular complexity index is 1660. The van der Waals surface area contributed by atoms with E-state index in [0.29, 0.717) is 5.56 Å². The average molecular weight is 523 g/mol. The highest BCUT2D eigenvalue weighted by molar-refractivity contribution is 7.90. The van der Waals surface area contributed by atoms with Crippen molar-refractivity contribution in [3.05, 3.63) is 89.1 Å². The highest BCUT2D eigenvalue weighted by Gasteiger charge is 2.33. The third-order valence-corrected chi connectivity index (χ3v) is 7.61. The summed E-state index contributed by atoms with van der Waals surface area (Å²) in [5.74, 6) is -6.31. The van der Waals surface area contributed by atoms with Crippen molar-refractivity contribution in [3.63, 3.8) is 0 Å². The zero-order chi connectivity index (χ0) is 27.1. The first-order chi connectivity index (χ1) is 17.4. The lowest BCUT2D eigenvalue weighted by molar-refractivity contribution is -0.149. The molecule has 0 aliphatic carbocycles. The standard InChI is InChI=1S/C26H22N2O8S/c1-14-6-9-17(10-7-14)37(35,36)28-13-20(22(25(31)32)26(33)34)19-12-16(8-11-21(19)28)27-24(30)18-5-3-4-15(2)23(18)29/h3-13,22,29H,1-2H3,(H,27,30)(H,31,32)(H,33,34). The minimum atomic E-state index is -4.23. The van der Waals surface area contributed by atoms with Crippen molar-refractivity contribution in [3.8, 4) is 5.75 Å². The molecule has 0 fully saturated rings. The molecule has 4 aromatic rings. The predicted octanol–water partition coefficient (Wildman–Crippen LogP) is 3.71. The number of carboxylic acid groups (broad SMARTS) is 2. The number of amides is 1. The van der Waals surface area contributed by atoms with Gasteiger partial charge in [0.15, 0.2) is 5.92 Å². The Morgan fingerprint density at radius 3 is 2.19 bits per heavy atom. The van der Waals surface area contributed by atoms with Crippen molar-refractivity contribution in [2.24, 2.45) is 0 Å². The first kappa shape index (κ1) is 25.5. The van der Waals surface area contributed by atoms with Crippen molar-refractivity contribution >= 4 is 44.5 Å². The van der Waals surface area contributed by atoms with Crippen LogP contribution in [0.4, 0.5) is 5.69 Å². The Kier molecular flexibility index (Phi) is 6.49. The molecule has 3 aromatic carbocycles. The van der Waals surface area contributed by atoms with E-state index in [1.54, 1.807) is 38.1 Å². The number of aromatic hydroxyl groups is 1. The summed E-state index contributed by atoms with van der Waals surface area (Å²) in [6, 6.07) is 14.7. The monoisotopic (exact) mass is 522 g/mol. The maximum Gasteiger partial charge on any atom is 0.322 e. The quantitative estimate of drug-likeness (QED) is 0.267.